The number of carbonyl (C=O) groups excluding carboxylic acids is 1. The lowest BCUT2D eigenvalue weighted by Gasteiger charge is -2.43. The largest absolute Gasteiger partial charge is 0.382 e. The van der Waals surface area contributed by atoms with E-state index in [0.29, 0.717) is 0 Å². The third-order valence-electron chi connectivity index (χ3n) is 5.22. The quantitative estimate of drug-likeness (QED) is 0.709. The van der Waals surface area contributed by atoms with Gasteiger partial charge in [-0.25, -0.2) is 0 Å². The molecule has 2 rings (SSSR count). The van der Waals surface area contributed by atoms with Crippen molar-refractivity contribution in [3.8, 4) is 0 Å². The van der Waals surface area contributed by atoms with Crippen LogP contribution in [0.25, 0.3) is 0 Å². The molecule has 5 heteroatoms. The van der Waals surface area contributed by atoms with Crippen LogP contribution in [0.5, 0.6) is 0 Å². The van der Waals surface area contributed by atoms with Crippen molar-refractivity contribution in [3.05, 3.63) is 0 Å². The Hall–Kier alpha value is -0.320. The summed E-state index contributed by atoms with van der Waals surface area (Å²) in [6.07, 6.45) is 9.79. The minimum atomic E-state index is -0.608. The number of hydrogen-bond donors (Lipinski definition) is 2. The summed E-state index contributed by atoms with van der Waals surface area (Å²) < 4.78 is 5.47. The van der Waals surface area contributed by atoms with Crippen LogP contribution in [0, 0.1) is 5.41 Å². The van der Waals surface area contributed by atoms with Crippen molar-refractivity contribution in [3.63, 3.8) is 0 Å². The van der Waals surface area contributed by atoms with Gasteiger partial charge in [-0.15, -0.1) is 12.4 Å². The van der Waals surface area contributed by atoms with E-state index >= 15 is 0 Å². The maximum Gasteiger partial charge on any atom is 0.240 e. The Morgan fingerprint density at radius 2 is 1.81 bits per heavy atom. The van der Waals surface area contributed by atoms with E-state index in [0.717, 1.165) is 51.9 Å². The first kappa shape index (κ1) is 18.7. The topological polar surface area (TPSA) is 64.3 Å². The Bertz CT molecular complexity index is 326. The minimum absolute atomic E-state index is 0. The van der Waals surface area contributed by atoms with Gasteiger partial charge in [-0.3, -0.25) is 4.79 Å². The fraction of sp³-hybridized carbons (Fsp3) is 0.938. The number of nitrogens with one attached hydrogen (secondary N) is 1. The van der Waals surface area contributed by atoms with Gasteiger partial charge in [0.25, 0.3) is 0 Å². The molecule has 4 nitrogen and oxygen atoms in total. The molecule has 0 aromatic carbocycles. The van der Waals surface area contributed by atoms with Crippen LogP contribution in [0.15, 0.2) is 0 Å². The molecule has 0 aliphatic heterocycles. The van der Waals surface area contributed by atoms with Crippen LogP contribution in [0.1, 0.15) is 64.7 Å². The van der Waals surface area contributed by atoms with E-state index in [9.17, 15) is 4.79 Å². The highest BCUT2D eigenvalue weighted by molar-refractivity contribution is 5.86. The predicted octanol–water partition coefficient (Wildman–Crippen LogP) is 2.78. The molecule has 1 amide bonds. The van der Waals surface area contributed by atoms with Gasteiger partial charge < -0.3 is 15.8 Å². The van der Waals surface area contributed by atoms with Crippen LogP contribution in [0.3, 0.4) is 0 Å². The maximum absolute atomic E-state index is 12.4. The number of ether oxygens (including phenoxy) is 1. The molecule has 0 saturated heterocycles. The van der Waals surface area contributed by atoms with Gasteiger partial charge in [0.2, 0.25) is 5.91 Å². The number of carbonyl (C=O) groups is 1. The second kappa shape index (κ2) is 8.35. The van der Waals surface area contributed by atoms with E-state index in [2.05, 4.69) is 5.32 Å². The minimum Gasteiger partial charge on any atom is -0.382 e. The molecule has 0 aromatic rings. The standard InChI is InChI=1S/C16H30N2O2.ClH/c1-2-20-12-11-15(7-6-8-15)13-18-14(19)16(17)9-4-3-5-10-16;/h2-13,17H2,1H3,(H,18,19);1H. The van der Waals surface area contributed by atoms with Crippen LogP contribution in [0.4, 0.5) is 0 Å². The van der Waals surface area contributed by atoms with Gasteiger partial charge in [-0.05, 0) is 44.4 Å². The van der Waals surface area contributed by atoms with E-state index in [1.807, 2.05) is 6.92 Å². The lowest BCUT2D eigenvalue weighted by atomic mass is 9.66. The first-order chi connectivity index (χ1) is 9.60. The molecule has 2 fully saturated rings. The zero-order chi connectivity index (χ0) is 14.5. The van der Waals surface area contributed by atoms with Crippen LogP contribution in [-0.2, 0) is 9.53 Å². The average molecular weight is 319 g/mol. The molecule has 2 saturated carbocycles. The van der Waals surface area contributed by atoms with Crippen molar-refractivity contribution in [1.29, 1.82) is 0 Å². The Kier molecular flexibility index (Phi) is 7.45. The van der Waals surface area contributed by atoms with E-state index < -0.39 is 5.54 Å². The molecule has 2 aliphatic carbocycles. The lowest BCUT2D eigenvalue weighted by molar-refractivity contribution is -0.128. The molecule has 0 unspecified atom stereocenters. The SMILES string of the molecule is CCOCCC1(CNC(=O)C2(N)CCCCC2)CCC1.Cl. The number of hydrogen-bond acceptors (Lipinski definition) is 3. The number of amides is 1. The average Bonchev–Trinajstić information content (AvgIpc) is 2.41. The summed E-state index contributed by atoms with van der Waals surface area (Å²) in [5.74, 6) is 0.0693. The second-order valence-corrected chi connectivity index (χ2v) is 6.70. The molecule has 0 heterocycles. The van der Waals surface area contributed by atoms with Gasteiger partial charge in [-0.1, -0.05) is 25.7 Å². The summed E-state index contributed by atoms with van der Waals surface area (Å²) in [5.41, 5.74) is 5.94. The first-order valence-electron chi connectivity index (χ1n) is 8.25. The number of nitrogens with two attached hydrogens (primary N) is 1. The fourth-order valence-electron chi connectivity index (χ4n) is 3.48. The molecule has 21 heavy (non-hydrogen) atoms. The Labute approximate surface area is 135 Å². The summed E-state index contributed by atoms with van der Waals surface area (Å²) >= 11 is 0. The van der Waals surface area contributed by atoms with E-state index in [4.69, 9.17) is 10.5 Å². The first-order valence-corrected chi connectivity index (χ1v) is 8.25. The van der Waals surface area contributed by atoms with Crippen molar-refractivity contribution in [2.24, 2.45) is 11.1 Å². The summed E-state index contributed by atoms with van der Waals surface area (Å²) in [7, 11) is 0. The number of rotatable bonds is 7. The Morgan fingerprint density at radius 3 is 2.33 bits per heavy atom. The molecular formula is C16H31ClN2O2. The van der Waals surface area contributed by atoms with Crippen molar-refractivity contribution < 1.29 is 9.53 Å². The van der Waals surface area contributed by atoms with Gasteiger partial charge >= 0.3 is 0 Å². The Morgan fingerprint density at radius 1 is 1.14 bits per heavy atom. The molecule has 0 spiro atoms. The van der Waals surface area contributed by atoms with Crippen molar-refractivity contribution in [2.75, 3.05) is 19.8 Å². The summed E-state index contributed by atoms with van der Waals surface area (Å²) in [6, 6.07) is 0. The Balaban J connectivity index is 0.00000220. The molecule has 0 radical (unpaired) electrons. The highest BCUT2D eigenvalue weighted by Gasteiger charge is 2.40. The zero-order valence-corrected chi connectivity index (χ0v) is 14.1. The zero-order valence-electron chi connectivity index (χ0n) is 13.3. The van der Waals surface area contributed by atoms with Gasteiger partial charge in [0.15, 0.2) is 0 Å². The third kappa shape index (κ3) is 4.83. The normalized spacial score (nSPS) is 22.8. The van der Waals surface area contributed by atoms with Gasteiger partial charge in [0.1, 0.15) is 0 Å². The van der Waals surface area contributed by atoms with Crippen molar-refractivity contribution in [2.45, 2.75) is 70.3 Å². The molecule has 0 aromatic heterocycles. The highest BCUT2D eigenvalue weighted by Crippen LogP contribution is 2.43. The molecular weight excluding hydrogens is 288 g/mol. The molecule has 2 aliphatic rings. The summed E-state index contributed by atoms with van der Waals surface area (Å²) in [4.78, 5) is 12.4. The highest BCUT2D eigenvalue weighted by atomic mass is 35.5. The maximum atomic E-state index is 12.4. The molecule has 0 atom stereocenters. The van der Waals surface area contributed by atoms with Crippen LogP contribution < -0.4 is 11.1 Å². The van der Waals surface area contributed by atoms with Gasteiger partial charge in [0, 0.05) is 19.8 Å². The monoisotopic (exact) mass is 318 g/mol. The van der Waals surface area contributed by atoms with E-state index in [1.165, 1.54) is 25.7 Å². The smallest absolute Gasteiger partial charge is 0.240 e. The van der Waals surface area contributed by atoms with Crippen molar-refractivity contribution >= 4 is 18.3 Å². The molecule has 124 valence electrons. The lowest BCUT2D eigenvalue weighted by Crippen LogP contribution is -2.57. The van der Waals surface area contributed by atoms with Crippen LogP contribution in [-0.4, -0.2) is 31.2 Å². The van der Waals surface area contributed by atoms with E-state index in [-0.39, 0.29) is 23.7 Å². The third-order valence-corrected chi connectivity index (χ3v) is 5.22. The number of halogens is 1. The fourth-order valence-corrected chi connectivity index (χ4v) is 3.48. The second-order valence-electron chi connectivity index (χ2n) is 6.70. The van der Waals surface area contributed by atoms with Gasteiger partial charge in [-0.2, -0.15) is 0 Å². The predicted molar refractivity (Wildman–Crippen MR) is 87.7 cm³/mol. The van der Waals surface area contributed by atoms with Crippen molar-refractivity contribution in [1.82, 2.24) is 5.32 Å². The van der Waals surface area contributed by atoms with E-state index in [1.54, 1.807) is 0 Å². The van der Waals surface area contributed by atoms with Crippen LogP contribution >= 0.6 is 12.4 Å². The summed E-state index contributed by atoms with van der Waals surface area (Å²) in [6.45, 7) is 4.38. The molecule has 3 N–H and O–H groups in total. The van der Waals surface area contributed by atoms with Crippen LogP contribution in [0.2, 0.25) is 0 Å². The molecule has 0 bridgehead atoms. The van der Waals surface area contributed by atoms with Gasteiger partial charge in [0.05, 0.1) is 5.54 Å². The summed E-state index contributed by atoms with van der Waals surface area (Å²) in [5, 5.41) is 3.14.